The normalized spacial score (nSPS) is 51.1. The molecule has 0 aromatic heterocycles. The third kappa shape index (κ3) is 3.58. The van der Waals surface area contributed by atoms with Crippen LogP contribution in [-0.4, -0.2) is 98.0 Å². The lowest BCUT2D eigenvalue weighted by atomic mass is 10.0. The van der Waals surface area contributed by atoms with Crippen LogP contribution in [0.2, 0.25) is 0 Å². The van der Waals surface area contributed by atoms with Crippen LogP contribution >= 0.6 is 34.8 Å². The second kappa shape index (κ2) is 7.84. The number of rotatable bonds is 5. The first-order chi connectivity index (χ1) is 10.8. The predicted octanol–water partition coefficient (Wildman–Crippen LogP) is -1.66. The molecule has 23 heavy (non-hydrogen) atoms. The monoisotopic (exact) mass is 396 g/mol. The zero-order valence-corrected chi connectivity index (χ0v) is 14.1. The lowest BCUT2D eigenvalue weighted by molar-refractivity contribution is -0.357. The maximum atomic E-state index is 10.1. The SMILES string of the molecule is OC[C@@H]1O[C@H](O[C@]2(CCl)O[C@H](CCl)[C@H](O)[C@@H]2O)[C@H](O)[C@@H](O)[C@@H]1Cl. The van der Waals surface area contributed by atoms with Gasteiger partial charge >= 0.3 is 0 Å². The average Bonchev–Trinajstić information content (AvgIpc) is 2.80. The van der Waals surface area contributed by atoms with Gasteiger partial charge in [0.2, 0.25) is 5.79 Å². The Morgan fingerprint density at radius 1 is 1.00 bits per heavy atom. The van der Waals surface area contributed by atoms with Gasteiger partial charge in [0, 0.05) is 0 Å². The van der Waals surface area contributed by atoms with Gasteiger partial charge in [-0.05, 0) is 0 Å². The average molecular weight is 398 g/mol. The Kier molecular flexibility index (Phi) is 6.77. The van der Waals surface area contributed by atoms with Crippen LogP contribution in [0.4, 0.5) is 0 Å². The van der Waals surface area contributed by atoms with Gasteiger partial charge in [-0.15, -0.1) is 34.8 Å². The van der Waals surface area contributed by atoms with Crippen molar-refractivity contribution in [1.82, 2.24) is 0 Å². The second-order valence-corrected chi connectivity index (χ2v) is 6.54. The van der Waals surface area contributed by atoms with Crippen molar-refractivity contribution in [2.24, 2.45) is 0 Å². The fraction of sp³-hybridized carbons (Fsp3) is 1.00. The van der Waals surface area contributed by atoms with Crippen molar-refractivity contribution in [3.8, 4) is 0 Å². The second-order valence-electron chi connectivity index (χ2n) is 5.46. The molecule has 2 rings (SSSR count). The predicted molar refractivity (Wildman–Crippen MR) is 79.5 cm³/mol. The molecule has 9 atom stereocenters. The maximum Gasteiger partial charge on any atom is 0.214 e. The van der Waals surface area contributed by atoms with Crippen molar-refractivity contribution in [3.05, 3.63) is 0 Å². The first kappa shape index (κ1) is 19.9. The molecule has 0 unspecified atom stereocenters. The fourth-order valence-electron chi connectivity index (χ4n) is 2.56. The molecule has 0 aromatic rings. The van der Waals surface area contributed by atoms with Crippen LogP contribution in [0.1, 0.15) is 0 Å². The van der Waals surface area contributed by atoms with E-state index in [4.69, 9.17) is 49.0 Å². The molecule has 0 radical (unpaired) electrons. The van der Waals surface area contributed by atoms with Gasteiger partial charge in [-0.2, -0.15) is 0 Å². The van der Waals surface area contributed by atoms with Gasteiger partial charge in [-0.25, -0.2) is 0 Å². The van der Waals surface area contributed by atoms with Crippen molar-refractivity contribution in [2.75, 3.05) is 18.4 Å². The van der Waals surface area contributed by atoms with E-state index >= 15 is 0 Å². The highest BCUT2D eigenvalue weighted by atomic mass is 35.5. The molecule has 11 heteroatoms. The minimum Gasteiger partial charge on any atom is -0.394 e. The smallest absolute Gasteiger partial charge is 0.214 e. The molecule has 5 N–H and O–H groups in total. The molecule has 2 saturated heterocycles. The van der Waals surface area contributed by atoms with Crippen LogP contribution in [-0.2, 0) is 14.2 Å². The van der Waals surface area contributed by atoms with Crippen LogP contribution in [0.3, 0.4) is 0 Å². The van der Waals surface area contributed by atoms with Crippen molar-refractivity contribution < 1.29 is 39.7 Å². The van der Waals surface area contributed by atoms with Crippen LogP contribution in [0.15, 0.2) is 0 Å². The van der Waals surface area contributed by atoms with Crippen molar-refractivity contribution in [1.29, 1.82) is 0 Å². The van der Waals surface area contributed by atoms with Gasteiger partial charge < -0.3 is 39.7 Å². The molecule has 0 aliphatic carbocycles. The molecule has 2 heterocycles. The number of alkyl halides is 3. The number of hydrogen-bond donors (Lipinski definition) is 5. The Hall–Kier alpha value is 0.550. The van der Waals surface area contributed by atoms with Gasteiger partial charge in [0.1, 0.15) is 36.6 Å². The Morgan fingerprint density at radius 2 is 1.65 bits per heavy atom. The van der Waals surface area contributed by atoms with E-state index in [0.29, 0.717) is 0 Å². The third-order valence-electron chi connectivity index (χ3n) is 3.96. The molecule has 0 amide bonds. The van der Waals surface area contributed by atoms with Gasteiger partial charge in [-0.3, -0.25) is 0 Å². The highest BCUT2D eigenvalue weighted by Gasteiger charge is 2.58. The molecule has 136 valence electrons. The van der Waals surface area contributed by atoms with E-state index in [1.807, 2.05) is 0 Å². The summed E-state index contributed by atoms with van der Waals surface area (Å²) in [5, 5.41) is 48.1. The molecule has 0 bridgehead atoms. The van der Waals surface area contributed by atoms with E-state index in [0.717, 1.165) is 0 Å². The lowest BCUT2D eigenvalue weighted by Gasteiger charge is -2.43. The minimum atomic E-state index is -1.90. The molecular formula is C12H19Cl3O8. The van der Waals surface area contributed by atoms with E-state index in [9.17, 15) is 25.5 Å². The van der Waals surface area contributed by atoms with Gasteiger partial charge in [-0.1, -0.05) is 0 Å². The van der Waals surface area contributed by atoms with E-state index in [2.05, 4.69) is 0 Å². The van der Waals surface area contributed by atoms with Crippen molar-refractivity contribution >= 4 is 34.8 Å². The number of halogens is 3. The van der Waals surface area contributed by atoms with Crippen LogP contribution in [0.5, 0.6) is 0 Å². The van der Waals surface area contributed by atoms with E-state index in [1.165, 1.54) is 0 Å². The molecule has 2 aliphatic heterocycles. The molecule has 2 fully saturated rings. The zero-order chi connectivity index (χ0) is 17.4. The zero-order valence-electron chi connectivity index (χ0n) is 11.8. The Morgan fingerprint density at radius 3 is 2.13 bits per heavy atom. The lowest BCUT2D eigenvalue weighted by Crippen LogP contribution is -2.61. The van der Waals surface area contributed by atoms with Gasteiger partial charge in [0.05, 0.1) is 23.7 Å². The summed E-state index contributed by atoms with van der Waals surface area (Å²) in [6.07, 6.45) is -9.39. The number of aliphatic hydroxyl groups is 5. The molecule has 8 nitrogen and oxygen atoms in total. The maximum absolute atomic E-state index is 10.1. The Bertz CT molecular complexity index is 403. The van der Waals surface area contributed by atoms with Gasteiger partial charge in [0.15, 0.2) is 6.29 Å². The highest BCUT2D eigenvalue weighted by molar-refractivity contribution is 6.21. The molecular weight excluding hydrogens is 378 g/mol. The summed E-state index contributed by atoms with van der Waals surface area (Å²) in [6.45, 7) is -0.526. The molecule has 0 aromatic carbocycles. The summed E-state index contributed by atoms with van der Waals surface area (Å²) in [4.78, 5) is 0. The number of hydrogen-bond acceptors (Lipinski definition) is 8. The van der Waals surface area contributed by atoms with E-state index in [-0.39, 0.29) is 5.88 Å². The van der Waals surface area contributed by atoms with Crippen molar-refractivity contribution in [2.45, 2.75) is 54.1 Å². The van der Waals surface area contributed by atoms with Crippen LogP contribution in [0.25, 0.3) is 0 Å². The summed E-state index contributed by atoms with van der Waals surface area (Å²) in [7, 11) is 0. The molecule has 0 saturated carbocycles. The van der Waals surface area contributed by atoms with Crippen LogP contribution < -0.4 is 0 Å². The molecule has 2 aliphatic rings. The highest BCUT2D eigenvalue weighted by Crippen LogP contribution is 2.37. The first-order valence-corrected chi connectivity index (χ1v) is 8.42. The topological polar surface area (TPSA) is 129 Å². The van der Waals surface area contributed by atoms with E-state index in [1.54, 1.807) is 0 Å². The largest absolute Gasteiger partial charge is 0.394 e. The van der Waals surface area contributed by atoms with Crippen LogP contribution in [0, 0.1) is 0 Å². The number of aliphatic hydroxyl groups excluding tert-OH is 5. The Labute approximate surface area is 147 Å². The van der Waals surface area contributed by atoms with Gasteiger partial charge in [0.25, 0.3) is 0 Å². The fourth-order valence-corrected chi connectivity index (χ4v) is 3.37. The molecule has 0 spiro atoms. The number of ether oxygens (including phenoxy) is 3. The third-order valence-corrected chi connectivity index (χ3v) is 5.17. The summed E-state index contributed by atoms with van der Waals surface area (Å²) in [5.41, 5.74) is 0. The summed E-state index contributed by atoms with van der Waals surface area (Å²) in [6, 6.07) is 0. The summed E-state index contributed by atoms with van der Waals surface area (Å²) < 4.78 is 16.1. The quantitative estimate of drug-likeness (QED) is 0.349. The first-order valence-electron chi connectivity index (χ1n) is 6.91. The van der Waals surface area contributed by atoms with E-state index < -0.39 is 66.6 Å². The standard InChI is InChI=1S/C12H19Cl3O8/c13-1-4-7(17)10(20)12(3-14,22-4)23-11-9(19)8(18)6(15)5(2-16)21-11/h4-11,16-20H,1-3H2/t4-,5+,6-,7+,8+,9-,10+,11-,12+/m1/s1. The summed E-state index contributed by atoms with van der Waals surface area (Å²) >= 11 is 17.3. The minimum absolute atomic E-state index is 0.125. The Balaban J connectivity index is 2.18. The summed E-state index contributed by atoms with van der Waals surface area (Å²) in [5.74, 6) is -2.43. The van der Waals surface area contributed by atoms with Crippen molar-refractivity contribution in [3.63, 3.8) is 0 Å².